The van der Waals surface area contributed by atoms with Gasteiger partial charge in [-0.15, -0.1) is 0 Å². The lowest BCUT2D eigenvalue weighted by atomic mass is 9.89. The molecule has 0 aromatic heterocycles. The molecular weight excluding hydrogens is 216 g/mol. The Morgan fingerprint density at radius 1 is 1.18 bits per heavy atom. The van der Waals surface area contributed by atoms with Gasteiger partial charge < -0.3 is 19.7 Å². The molecule has 1 heterocycles. The second kappa shape index (κ2) is 8.03. The zero-order chi connectivity index (χ0) is 12.6. The summed E-state index contributed by atoms with van der Waals surface area (Å²) >= 11 is 0. The third kappa shape index (κ3) is 5.82. The fraction of sp³-hybridized carbons (Fsp3) is 1.00. The summed E-state index contributed by atoms with van der Waals surface area (Å²) in [5.74, 6) is 0. The summed E-state index contributed by atoms with van der Waals surface area (Å²) in [7, 11) is 3.54. The molecule has 0 radical (unpaired) electrons. The Bertz CT molecular complexity index is 194. The number of rotatable bonds is 9. The third-order valence-corrected chi connectivity index (χ3v) is 3.50. The predicted octanol–water partition coefficient (Wildman–Crippen LogP) is 0.971. The van der Waals surface area contributed by atoms with Crippen molar-refractivity contribution in [3.8, 4) is 0 Å². The Kier molecular flexibility index (Phi) is 7.04. The van der Waals surface area contributed by atoms with Crippen LogP contribution in [0.15, 0.2) is 0 Å². The lowest BCUT2D eigenvalue weighted by Crippen LogP contribution is -2.39. The first kappa shape index (κ1) is 14.9. The quantitative estimate of drug-likeness (QED) is 0.613. The van der Waals surface area contributed by atoms with Gasteiger partial charge in [0.05, 0.1) is 6.61 Å². The van der Waals surface area contributed by atoms with Gasteiger partial charge in [-0.05, 0) is 24.8 Å². The minimum absolute atomic E-state index is 0.431. The van der Waals surface area contributed by atoms with Crippen LogP contribution in [0, 0.1) is 5.41 Å². The van der Waals surface area contributed by atoms with Crippen LogP contribution in [0.3, 0.4) is 0 Å². The molecule has 0 spiro atoms. The van der Waals surface area contributed by atoms with Crippen LogP contribution in [0.2, 0.25) is 0 Å². The van der Waals surface area contributed by atoms with Gasteiger partial charge in [-0.1, -0.05) is 6.92 Å². The zero-order valence-electron chi connectivity index (χ0n) is 11.6. The SMILES string of the molecule is COCCCN(CCOC)CC1(C)CCNC1. The van der Waals surface area contributed by atoms with Crippen LogP contribution in [0.25, 0.3) is 0 Å². The lowest BCUT2D eigenvalue weighted by Gasteiger charge is -2.31. The van der Waals surface area contributed by atoms with Gasteiger partial charge in [0.1, 0.15) is 0 Å². The van der Waals surface area contributed by atoms with Crippen molar-refractivity contribution in [3.63, 3.8) is 0 Å². The molecule has 0 amide bonds. The van der Waals surface area contributed by atoms with E-state index in [9.17, 15) is 0 Å². The smallest absolute Gasteiger partial charge is 0.0589 e. The Hall–Kier alpha value is -0.160. The second-order valence-electron chi connectivity index (χ2n) is 5.35. The molecule has 0 bridgehead atoms. The Balaban J connectivity index is 2.32. The van der Waals surface area contributed by atoms with Gasteiger partial charge in [0.15, 0.2) is 0 Å². The molecule has 1 atom stereocenters. The molecule has 4 nitrogen and oxygen atoms in total. The molecular formula is C13H28N2O2. The van der Waals surface area contributed by atoms with E-state index >= 15 is 0 Å². The standard InChI is InChI=1S/C13H28N2O2/c1-13(5-6-14-11-13)12-15(8-10-17-3)7-4-9-16-2/h14H,4-12H2,1-3H3. The lowest BCUT2D eigenvalue weighted by molar-refractivity contribution is 0.106. The number of hydrogen-bond donors (Lipinski definition) is 1. The Morgan fingerprint density at radius 3 is 2.53 bits per heavy atom. The normalized spacial score (nSPS) is 24.7. The van der Waals surface area contributed by atoms with E-state index in [1.165, 1.54) is 6.42 Å². The van der Waals surface area contributed by atoms with Crippen molar-refractivity contribution >= 4 is 0 Å². The topological polar surface area (TPSA) is 33.7 Å². The van der Waals surface area contributed by atoms with Crippen LogP contribution in [-0.4, -0.2) is 65.1 Å². The molecule has 0 aromatic rings. The summed E-state index contributed by atoms with van der Waals surface area (Å²) in [5.41, 5.74) is 0.431. The number of methoxy groups -OCH3 is 2. The molecule has 1 fully saturated rings. The van der Waals surface area contributed by atoms with Crippen LogP contribution < -0.4 is 5.32 Å². The van der Waals surface area contributed by atoms with E-state index < -0.39 is 0 Å². The van der Waals surface area contributed by atoms with E-state index in [1.807, 2.05) is 0 Å². The summed E-state index contributed by atoms with van der Waals surface area (Å²) in [4.78, 5) is 2.51. The summed E-state index contributed by atoms with van der Waals surface area (Å²) < 4.78 is 10.3. The first-order valence-corrected chi connectivity index (χ1v) is 6.61. The molecule has 1 saturated heterocycles. The highest BCUT2D eigenvalue weighted by molar-refractivity contribution is 4.86. The molecule has 1 N–H and O–H groups in total. The fourth-order valence-electron chi connectivity index (χ4n) is 2.47. The number of nitrogens with one attached hydrogen (secondary N) is 1. The van der Waals surface area contributed by atoms with Crippen molar-refractivity contribution in [2.75, 3.05) is 60.2 Å². The van der Waals surface area contributed by atoms with E-state index in [2.05, 4.69) is 17.1 Å². The minimum atomic E-state index is 0.431. The number of nitrogens with zero attached hydrogens (tertiary/aromatic N) is 1. The molecule has 17 heavy (non-hydrogen) atoms. The van der Waals surface area contributed by atoms with Crippen LogP contribution in [-0.2, 0) is 9.47 Å². The number of hydrogen-bond acceptors (Lipinski definition) is 4. The van der Waals surface area contributed by atoms with Gasteiger partial charge in [-0.3, -0.25) is 0 Å². The molecule has 1 unspecified atom stereocenters. The molecule has 0 aromatic carbocycles. The van der Waals surface area contributed by atoms with Crippen LogP contribution >= 0.6 is 0 Å². The van der Waals surface area contributed by atoms with Crippen LogP contribution in [0.1, 0.15) is 19.8 Å². The van der Waals surface area contributed by atoms with E-state index in [0.717, 1.165) is 52.4 Å². The van der Waals surface area contributed by atoms with Crippen molar-refractivity contribution in [1.82, 2.24) is 10.2 Å². The van der Waals surface area contributed by atoms with Crippen molar-refractivity contribution in [2.45, 2.75) is 19.8 Å². The maximum absolute atomic E-state index is 5.19. The van der Waals surface area contributed by atoms with Gasteiger partial charge in [0.2, 0.25) is 0 Å². The van der Waals surface area contributed by atoms with Gasteiger partial charge in [-0.25, -0.2) is 0 Å². The first-order valence-electron chi connectivity index (χ1n) is 6.61. The monoisotopic (exact) mass is 244 g/mol. The maximum atomic E-state index is 5.19. The molecule has 1 aliphatic heterocycles. The molecule has 102 valence electrons. The molecule has 4 heteroatoms. The predicted molar refractivity (Wildman–Crippen MR) is 70.4 cm³/mol. The zero-order valence-corrected chi connectivity index (χ0v) is 11.6. The van der Waals surface area contributed by atoms with E-state index in [-0.39, 0.29) is 0 Å². The van der Waals surface area contributed by atoms with Crippen molar-refractivity contribution in [3.05, 3.63) is 0 Å². The van der Waals surface area contributed by atoms with Gasteiger partial charge in [0, 0.05) is 47.0 Å². The summed E-state index contributed by atoms with van der Waals surface area (Å²) in [6, 6.07) is 0. The highest BCUT2D eigenvalue weighted by Gasteiger charge is 2.30. The summed E-state index contributed by atoms with van der Waals surface area (Å²) in [6.07, 6.45) is 2.38. The van der Waals surface area contributed by atoms with Crippen molar-refractivity contribution < 1.29 is 9.47 Å². The van der Waals surface area contributed by atoms with Crippen LogP contribution in [0.4, 0.5) is 0 Å². The molecule has 1 rings (SSSR count). The Morgan fingerprint density at radius 2 is 1.94 bits per heavy atom. The molecule has 0 saturated carbocycles. The Labute approximate surface area is 106 Å². The van der Waals surface area contributed by atoms with Crippen LogP contribution in [0.5, 0.6) is 0 Å². The van der Waals surface area contributed by atoms with Crippen molar-refractivity contribution in [2.24, 2.45) is 5.41 Å². The third-order valence-electron chi connectivity index (χ3n) is 3.50. The highest BCUT2D eigenvalue weighted by Crippen LogP contribution is 2.25. The first-order chi connectivity index (χ1) is 8.20. The summed E-state index contributed by atoms with van der Waals surface area (Å²) in [5, 5.41) is 3.46. The highest BCUT2D eigenvalue weighted by atomic mass is 16.5. The van der Waals surface area contributed by atoms with Gasteiger partial charge in [0.25, 0.3) is 0 Å². The van der Waals surface area contributed by atoms with Gasteiger partial charge in [-0.2, -0.15) is 0 Å². The van der Waals surface area contributed by atoms with Crippen molar-refractivity contribution in [1.29, 1.82) is 0 Å². The molecule has 1 aliphatic rings. The van der Waals surface area contributed by atoms with E-state index in [4.69, 9.17) is 9.47 Å². The molecule has 0 aliphatic carbocycles. The van der Waals surface area contributed by atoms with E-state index in [0.29, 0.717) is 5.41 Å². The van der Waals surface area contributed by atoms with Gasteiger partial charge >= 0.3 is 0 Å². The average molecular weight is 244 g/mol. The largest absolute Gasteiger partial charge is 0.385 e. The maximum Gasteiger partial charge on any atom is 0.0589 e. The minimum Gasteiger partial charge on any atom is -0.385 e. The second-order valence-corrected chi connectivity index (χ2v) is 5.35. The summed E-state index contributed by atoms with van der Waals surface area (Å²) in [6.45, 7) is 9.63. The van der Waals surface area contributed by atoms with E-state index in [1.54, 1.807) is 14.2 Å². The average Bonchev–Trinajstić information content (AvgIpc) is 2.73. The fourth-order valence-corrected chi connectivity index (χ4v) is 2.47. The number of ether oxygens (including phenoxy) is 2.